The summed E-state index contributed by atoms with van der Waals surface area (Å²) in [5.41, 5.74) is 1.04. The number of allylic oxidation sites excluding steroid dienone is 2. The number of esters is 1. The first-order valence-corrected chi connectivity index (χ1v) is 6.24. The van der Waals surface area contributed by atoms with Crippen molar-refractivity contribution in [2.75, 3.05) is 7.11 Å². The Kier molecular flexibility index (Phi) is 6.19. The average molecular weight is 251 g/mol. The third-order valence-electron chi connectivity index (χ3n) is 3.07. The van der Waals surface area contributed by atoms with Gasteiger partial charge in [0.15, 0.2) is 0 Å². The summed E-state index contributed by atoms with van der Waals surface area (Å²) in [6.45, 7) is 5.70. The van der Waals surface area contributed by atoms with Crippen molar-refractivity contribution >= 4 is 11.7 Å². The van der Waals surface area contributed by atoms with Crippen LogP contribution in [0.15, 0.2) is 30.0 Å². The normalized spacial score (nSPS) is 22.7. The number of carbonyl (C=O) groups is 1. The molecular formula is C14H21NO3. The van der Waals surface area contributed by atoms with Crippen LogP contribution in [0.4, 0.5) is 0 Å². The number of methoxy groups -OCH3 is 1. The monoisotopic (exact) mass is 251 g/mol. The fourth-order valence-corrected chi connectivity index (χ4v) is 2.02. The Hall–Kier alpha value is -1.58. The maximum Gasteiger partial charge on any atom is 0.330 e. The molecule has 0 amide bonds. The molecule has 0 spiro atoms. The van der Waals surface area contributed by atoms with E-state index in [0.717, 1.165) is 31.4 Å². The van der Waals surface area contributed by atoms with Gasteiger partial charge in [0.25, 0.3) is 0 Å². The highest BCUT2D eigenvalue weighted by molar-refractivity contribution is 5.85. The van der Waals surface area contributed by atoms with Crippen LogP contribution >= 0.6 is 0 Å². The zero-order chi connectivity index (χ0) is 13.4. The second-order valence-corrected chi connectivity index (χ2v) is 4.35. The first-order valence-electron chi connectivity index (χ1n) is 6.24. The van der Waals surface area contributed by atoms with Crippen molar-refractivity contribution in [1.82, 2.24) is 0 Å². The van der Waals surface area contributed by atoms with Crippen LogP contribution in [0.5, 0.6) is 0 Å². The number of carbonyl (C=O) groups excluding carboxylic acids is 1. The molecule has 0 aromatic heterocycles. The van der Waals surface area contributed by atoms with Gasteiger partial charge in [-0.15, -0.1) is 6.58 Å². The molecule has 1 aliphatic rings. The summed E-state index contributed by atoms with van der Waals surface area (Å²) >= 11 is 0. The molecule has 1 rings (SSSR count). The van der Waals surface area contributed by atoms with E-state index in [4.69, 9.17) is 4.84 Å². The van der Waals surface area contributed by atoms with E-state index in [-0.39, 0.29) is 12.1 Å². The molecule has 4 nitrogen and oxygen atoms in total. The standard InChI is InChI=1S/C14H21NO3/c1-4-5-9-13-12(11(2)15-18-13)8-6-7-10-14(16)17-3/h4,7,10,12-13H,1,5-6,8-9H2,2-3H3/b10-7+/t12-,13-/m0/s1. The topological polar surface area (TPSA) is 47.9 Å². The number of rotatable bonds is 7. The van der Waals surface area contributed by atoms with Crippen molar-refractivity contribution < 1.29 is 14.4 Å². The van der Waals surface area contributed by atoms with Crippen molar-refractivity contribution in [3.8, 4) is 0 Å². The molecule has 0 N–H and O–H groups in total. The summed E-state index contributed by atoms with van der Waals surface area (Å²) in [7, 11) is 1.37. The van der Waals surface area contributed by atoms with E-state index >= 15 is 0 Å². The average Bonchev–Trinajstić information content (AvgIpc) is 2.73. The SMILES string of the molecule is C=CCC[C@@H]1ON=C(C)[C@@H]1CC/C=C/C(=O)OC. The van der Waals surface area contributed by atoms with Gasteiger partial charge in [-0.2, -0.15) is 0 Å². The van der Waals surface area contributed by atoms with Crippen LogP contribution in [0.2, 0.25) is 0 Å². The quantitative estimate of drug-likeness (QED) is 0.397. The van der Waals surface area contributed by atoms with E-state index in [1.165, 1.54) is 13.2 Å². The van der Waals surface area contributed by atoms with Gasteiger partial charge in [-0.25, -0.2) is 4.79 Å². The summed E-state index contributed by atoms with van der Waals surface area (Å²) in [5, 5.41) is 4.05. The molecule has 0 bridgehead atoms. The highest BCUT2D eigenvalue weighted by Crippen LogP contribution is 2.26. The summed E-state index contributed by atoms with van der Waals surface area (Å²) in [6.07, 6.45) is 8.96. The summed E-state index contributed by atoms with van der Waals surface area (Å²) in [5.74, 6) is 0.0264. The van der Waals surface area contributed by atoms with Crippen LogP contribution in [-0.2, 0) is 14.4 Å². The van der Waals surface area contributed by atoms with Gasteiger partial charge >= 0.3 is 5.97 Å². The number of ether oxygens (including phenoxy) is 1. The van der Waals surface area contributed by atoms with Crippen LogP contribution in [0.3, 0.4) is 0 Å². The molecule has 0 saturated heterocycles. The fourth-order valence-electron chi connectivity index (χ4n) is 2.02. The van der Waals surface area contributed by atoms with E-state index in [0.29, 0.717) is 5.92 Å². The van der Waals surface area contributed by atoms with Crippen molar-refractivity contribution in [2.45, 2.75) is 38.7 Å². The van der Waals surface area contributed by atoms with Crippen LogP contribution in [0, 0.1) is 5.92 Å². The molecule has 0 unspecified atom stereocenters. The van der Waals surface area contributed by atoms with Crippen LogP contribution < -0.4 is 0 Å². The van der Waals surface area contributed by atoms with E-state index in [2.05, 4.69) is 16.5 Å². The third kappa shape index (κ3) is 4.35. The van der Waals surface area contributed by atoms with E-state index < -0.39 is 0 Å². The first-order chi connectivity index (χ1) is 8.69. The Labute approximate surface area is 108 Å². The minimum atomic E-state index is -0.314. The molecular weight excluding hydrogens is 230 g/mol. The van der Waals surface area contributed by atoms with E-state index in [1.54, 1.807) is 0 Å². The molecule has 0 aromatic carbocycles. The van der Waals surface area contributed by atoms with Crippen LogP contribution in [0.1, 0.15) is 32.6 Å². The number of hydrogen-bond donors (Lipinski definition) is 0. The molecule has 0 fully saturated rings. The van der Waals surface area contributed by atoms with Gasteiger partial charge < -0.3 is 9.57 Å². The summed E-state index contributed by atoms with van der Waals surface area (Å²) < 4.78 is 4.53. The maximum absolute atomic E-state index is 10.9. The Morgan fingerprint density at radius 2 is 2.28 bits per heavy atom. The van der Waals surface area contributed by atoms with Crippen molar-refractivity contribution in [1.29, 1.82) is 0 Å². The predicted octanol–water partition coefficient (Wildman–Crippen LogP) is 2.85. The molecule has 100 valence electrons. The van der Waals surface area contributed by atoms with Gasteiger partial charge in [0.1, 0.15) is 6.10 Å². The fraction of sp³-hybridized carbons (Fsp3) is 0.571. The number of hydrogen-bond acceptors (Lipinski definition) is 4. The lowest BCUT2D eigenvalue weighted by Crippen LogP contribution is -2.21. The molecule has 1 aliphatic heterocycles. The lowest BCUT2D eigenvalue weighted by Gasteiger charge is -2.16. The summed E-state index contributed by atoms with van der Waals surface area (Å²) in [4.78, 5) is 16.3. The van der Waals surface area contributed by atoms with Crippen LogP contribution in [-0.4, -0.2) is 24.9 Å². The van der Waals surface area contributed by atoms with Crippen LogP contribution in [0.25, 0.3) is 0 Å². The number of oxime groups is 1. The second-order valence-electron chi connectivity index (χ2n) is 4.35. The Morgan fingerprint density at radius 1 is 1.50 bits per heavy atom. The maximum atomic E-state index is 10.9. The molecule has 0 aromatic rings. The lowest BCUT2D eigenvalue weighted by molar-refractivity contribution is -0.134. The van der Waals surface area contributed by atoms with Crippen molar-refractivity contribution in [3.63, 3.8) is 0 Å². The lowest BCUT2D eigenvalue weighted by atomic mass is 9.90. The molecule has 0 aliphatic carbocycles. The largest absolute Gasteiger partial charge is 0.466 e. The minimum Gasteiger partial charge on any atom is -0.466 e. The van der Waals surface area contributed by atoms with E-state index in [1.807, 2.05) is 19.1 Å². The molecule has 2 atom stereocenters. The highest BCUT2D eigenvalue weighted by Gasteiger charge is 2.30. The molecule has 0 radical (unpaired) electrons. The minimum absolute atomic E-state index is 0.148. The first kappa shape index (κ1) is 14.5. The smallest absolute Gasteiger partial charge is 0.330 e. The van der Waals surface area contributed by atoms with Gasteiger partial charge in [0.05, 0.1) is 12.8 Å². The zero-order valence-corrected chi connectivity index (χ0v) is 11.1. The zero-order valence-electron chi connectivity index (χ0n) is 11.1. The molecule has 4 heteroatoms. The van der Waals surface area contributed by atoms with Crippen molar-refractivity contribution in [2.24, 2.45) is 11.1 Å². The Balaban J connectivity index is 2.38. The third-order valence-corrected chi connectivity index (χ3v) is 3.07. The molecule has 18 heavy (non-hydrogen) atoms. The van der Waals surface area contributed by atoms with Gasteiger partial charge in [-0.3, -0.25) is 0 Å². The van der Waals surface area contributed by atoms with Gasteiger partial charge in [-0.1, -0.05) is 17.3 Å². The number of nitrogens with zero attached hydrogens (tertiary/aromatic N) is 1. The van der Waals surface area contributed by atoms with Gasteiger partial charge in [-0.05, 0) is 32.6 Å². The van der Waals surface area contributed by atoms with E-state index in [9.17, 15) is 4.79 Å². The molecule has 1 heterocycles. The predicted molar refractivity (Wildman–Crippen MR) is 71.3 cm³/mol. The van der Waals surface area contributed by atoms with Gasteiger partial charge in [0, 0.05) is 12.0 Å². The highest BCUT2D eigenvalue weighted by atomic mass is 16.6. The Bertz CT molecular complexity index is 347. The second kappa shape index (κ2) is 7.69. The van der Waals surface area contributed by atoms with Crippen molar-refractivity contribution in [3.05, 3.63) is 24.8 Å². The Morgan fingerprint density at radius 3 is 2.94 bits per heavy atom. The molecule has 0 saturated carbocycles. The summed E-state index contributed by atoms with van der Waals surface area (Å²) in [6, 6.07) is 0. The van der Waals surface area contributed by atoms with Gasteiger partial charge in [0.2, 0.25) is 0 Å².